The van der Waals surface area contributed by atoms with Gasteiger partial charge in [0.05, 0.1) is 24.4 Å². The van der Waals surface area contributed by atoms with Crippen LogP contribution in [-0.2, 0) is 9.59 Å². The van der Waals surface area contributed by atoms with E-state index in [1.807, 2.05) is 48.7 Å². The summed E-state index contributed by atoms with van der Waals surface area (Å²) in [6, 6.07) is 13.2. The first-order valence-corrected chi connectivity index (χ1v) is 9.48. The van der Waals surface area contributed by atoms with Crippen LogP contribution in [0.4, 0.5) is 5.69 Å². The van der Waals surface area contributed by atoms with E-state index in [1.165, 1.54) is 0 Å². The molecule has 0 radical (unpaired) electrons. The van der Waals surface area contributed by atoms with Crippen molar-refractivity contribution in [2.45, 2.75) is 38.8 Å². The van der Waals surface area contributed by atoms with Gasteiger partial charge in [-0.15, -0.1) is 11.3 Å². The fourth-order valence-electron chi connectivity index (χ4n) is 3.30. The summed E-state index contributed by atoms with van der Waals surface area (Å²) in [7, 11) is 0. The number of hydrogen-bond acceptors (Lipinski definition) is 4. The van der Waals surface area contributed by atoms with Crippen LogP contribution in [0.25, 0.3) is 0 Å². The molecular formula is C20H21N3O2S. The Morgan fingerprint density at radius 1 is 1.38 bits per heavy atom. The average molecular weight is 367 g/mol. The highest BCUT2D eigenvalue weighted by molar-refractivity contribution is 7.10. The summed E-state index contributed by atoms with van der Waals surface area (Å²) in [5, 5.41) is 13.6. The lowest BCUT2D eigenvalue weighted by Gasteiger charge is -2.27. The van der Waals surface area contributed by atoms with E-state index >= 15 is 0 Å². The molecule has 1 saturated heterocycles. The van der Waals surface area contributed by atoms with Gasteiger partial charge in [0.25, 0.3) is 0 Å². The van der Waals surface area contributed by atoms with Gasteiger partial charge in [-0.1, -0.05) is 23.8 Å². The van der Waals surface area contributed by atoms with Crippen LogP contribution in [0.3, 0.4) is 0 Å². The van der Waals surface area contributed by atoms with Crippen LogP contribution in [0, 0.1) is 24.2 Å². The predicted octanol–water partition coefficient (Wildman–Crippen LogP) is 3.57. The van der Waals surface area contributed by atoms with Gasteiger partial charge in [-0.3, -0.25) is 9.59 Å². The Labute approximate surface area is 157 Å². The molecule has 1 aliphatic heterocycles. The Balaban J connectivity index is 1.93. The van der Waals surface area contributed by atoms with Crippen LogP contribution >= 0.6 is 11.3 Å². The van der Waals surface area contributed by atoms with E-state index in [4.69, 9.17) is 5.26 Å². The van der Waals surface area contributed by atoms with Crippen LogP contribution in [0.15, 0.2) is 41.8 Å². The molecule has 3 atom stereocenters. The zero-order valence-corrected chi connectivity index (χ0v) is 15.6. The minimum absolute atomic E-state index is 0.0552. The molecule has 0 aliphatic carbocycles. The summed E-state index contributed by atoms with van der Waals surface area (Å²) in [5.74, 6) is -0.696. The third-order valence-corrected chi connectivity index (χ3v) is 5.54. The van der Waals surface area contributed by atoms with Gasteiger partial charge in [-0.25, -0.2) is 0 Å². The smallest absolute Gasteiger partial charge is 0.228 e. The lowest BCUT2D eigenvalue weighted by atomic mass is 9.97. The summed E-state index contributed by atoms with van der Waals surface area (Å²) in [4.78, 5) is 28.3. The molecule has 0 saturated carbocycles. The van der Waals surface area contributed by atoms with Crippen LogP contribution < -0.4 is 10.2 Å². The maximum atomic E-state index is 12.8. The van der Waals surface area contributed by atoms with Crippen molar-refractivity contribution in [1.29, 1.82) is 5.26 Å². The molecule has 1 aromatic carbocycles. The first kappa shape index (κ1) is 18.2. The Hall–Kier alpha value is -2.65. The van der Waals surface area contributed by atoms with Crippen molar-refractivity contribution >= 4 is 28.8 Å². The molecule has 1 aliphatic rings. The van der Waals surface area contributed by atoms with Gasteiger partial charge in [0.15, 0.2) is 0 Å². The number of nitrogens with zero attached hydrogens (tertiary/aromatic N) is 2. The normalized spacial score (nSPS) is 20.7. The van der Waals surface area contributed by atoms with Gasteiger partial charge < -0.3 is 10.2 Å². The highest BCUT2D eigenvalue weighted by Gasteiger charge is 2.45. The first-order chi connectivity index (χ1) is 12.5. The molecule has 2 amide bonds. The summed E-state index contributed by atoms with van der Waals surface area (Å²) in [5.41, 5.74) is 1.92. The van der Waals surface area contributed by atoms with Crippen LogP contribution in [-0.4, -0.2) is 17.9 Å². The number of thiophene rings is 1. The number of rotatable bonds is 5. The Morgan fingerprint density at radius 2 is 2.12 bits per heavy atom. The average Bonchev–Trinajstić information content (AvgIpc) is 3.23. The maximum absolute atomic E-state index is 12.8. The maximum Gasteiger partial charge on any atom is 0.228 e. The molecule has 2 aromatic rings. The number of aryl methyl sites for hydroxylation is 1. The molecule has 1 fully saturated rings. The lowest BCUT2D eigenvalue weighted by molar-refractivity contribution is -0.127. The molecule has 0 spiro atoms. The quantitative estimate of drug-likeness (QED) is 0.878. The van der Waals surface area contributed by atoms with Crippen LogP contribution in [0.2, 0.25) is 0 Å². The highest BCUT2D eigenvalue weighted by atomic mass is 32.1. The number of amides is 2. The summed E-state index contributed by atoms with van der Waals surface area (Å²) >= 11 is 1.55. The second-order valence-corrected chi connectivity index (χ2v) is 7.62. The Kier molecular flexibility index (Phi) is 5.38. The summed E-state index contributed by atoms with van der Waals surface area (Å²) in [6.45, 7) is 3.80. The van der Waals surface area contributed by atoms with Crippen molar-refractivity contribution in [3.05, 3.63) is 52.2 Å². The van der Waals surface area contributed by atoms with Crippen molar-refractivity contribution in [2.75, 3.05) is 4.90 Å². The topological polar surface area (TPSA) is 73.2 Å². The van der Waals surface area contributed by atoms with Crippen LogP contribution in [0.1, 0.15) is 36.2 Å². The van der Waals surface area contributed by atoms with E-state index in [9.17, 15) is 9.59 Å². The second-order valence-electron chi connectivity index (χ2n) is 6.64. The number of nitrogens with one attached hydrogen (secondary N) is 1. The number of nitriles is 1. The lowest BCUT2D eigenvalue weighted by Crippen LogP contribution is -2.39. The fourth-order valence-corrected chi connectivity index (χ4v) is 4.18. The Morgan fingerprint density at radius 3 is 2.73 bits per heavy atom. The molecule has 0 bridgehead atoms. The van der Waals surface area contributed by atoms with E-state index in [0.29, 0.717) is 0 Å². The Bertz CT molecular complexity index is 824. The molecule has 1 N–H and O–H groups in total. The molecule has 6 heteroatoms. The standard InChI is InChI=1S/C20H21N3O2S/c1-13-5-7-15(8-6-13)23-18(24)12-16(19(23)17-4-3-11-26-17)20(25)22-14(2)9-10-21/h3-8,11,14,16,19H,9,12H2,1-2H3,(H,22,25)/t14-,16+,19+/m1/s1. The first-order valence-electron chi connectivity index (χ1n) is 8.60. The predicted molar refractivity (Wildman–Crippen MR) is 102 cm³/mol. The molecule has 134 valence electrons. The van der Waals surface area contributed by atoms with E-state index in [0.717, 1.165) is 16.1 Å². The number of hydrogen-bond donors (Lipinski definition) is 1. The molecule has 5 nitrogen and oxygen atoms in total. The monoisotopic (exact) mass is 367 g/mol. The van der Waals surface area contributed by atoms with Crippen molar-refractivity contribution < 1.29 is 9.59 Å². The highest BCUT2D eigenvalue weighted by Crippen LogP contribution is 2.43. The third-order valence-electron chi connectivity index (χ3n) is 4.59. The zero-order valence-electron chi connectivity index (χ0n) is 14.8. The molecule has 1 aromatic heterocycles. The number of benzene rings is 1. The zero-order chi connectivity index (χ0) is 18.7. The van der Waals surface area contributed by atoms with E-state index in [-0.39, 0.29) is 36.7 Å². The third kappa shape index (κ3) is 3.63. The van der Waals surface area contributed by atoms with Gasteiger partial charge in [0.2, 0.25) is 11.8 Å². The van der Waals surface area contributed by atoms with Crippen molar-refractivity contribution in [1.82, 2.24) is 5.32 Å². The van der Waals surface area contributed by atoms with Gasteiger partial charge in [0, 0.05) is 23.0 Å². The molecular weight excluding hydrogens is 346 g/mol. The van der Waals surface area contributed by atoms with Crippen molar-refractivity contribution in [2.24, 2.45) is 5.92 Å². The number of anilines is 1. The molecule has 26 heavy (non-hydrogen) atoms. The van der Waals surface area contributed by atoms with Gasteiger partial charge >= 0.3 is 0 Å². The number of carbonyl (C=O) groups is 2. The van der Waals surface area contributed by atoms with Crippen molar-refractivity contribution in [3.63, 3.8) is 0 Å². The fraction of sp³-hybridized carbons (Fsp3) is 0.350. The summed E-state index contributed by atoms with van der Waals surface area (Å²) in [6.07, 6.45) is 0.416. The van der Waals surface area contributed by atoms with Gasteiger partial charge in [-0.2, -0.15) is 5.26 Å². The summed E-state index contributed by atoms with van der Waals surface area (Å²) < 4.78 is 0. The number of carbonyl (C=O) groups excluding carboxylic acids is 2. The van der Waals surface area contributed by atoms with E-state index in [2.05, 4.69) is 11.4 Å². The second kappa shape index (κ2) is 7.71. The minimum atomic E-state index is -0.469. The molecule has 0 unspecified atom stereocenters. The molecule has 3 rings (SSSR count). The van der Waals surface area contributed by atoms with E-state index in [1.54, 1.807) is 23.2 Å². The molecule has 2 heterocycles. The van der Waals surface area contributed by atoms with Gasteiger partial charge in [0.1, 0.15) is 0 Å². The minimum Gasteiger partial charge on any atom is -0.352 e. The van der Waals surface area contributed by atoms with Crippen LogP contribution in [0.5, 0.6) is 0 Å². The van der Waals surface area contributed by atoms with E-state index < -0.39 is 5.92 Å². The SMILES string of the molecule is Cc1ccc(N2C(=O)C[C@H](C(=O)N[C@H](C)CC#N)[C@H]2c2cccs2)cc1. The van der Waals surface area contributed by atoms with Gasteiger partial charge in [-0.05, 0) is 37.4 Å². The van der Waals surface area contributed by atoms with Crippen molar-refractivity contribution in [3.8, 4) is 6.07 Å². The largest absolute Gasteiger partial charge is 0.352 e.